The number of halogens is 1. The highest BCUT2D eigenvalue weighted by Crippen LogP contribution is 2.22. The molecule has 1 aliphatic heterocycles. The van der Waals surface area contributed by atoms with Gasteiger partial charge in [-0.05, 0) is 24.3 Å². The molecule has 0 unspecified atom stereocenters. The molecule has 0 aromatic heterocycles. The quantitative estimate of drug-likeness (QED) is 0.842. The monoisotopic (exact) mass is 312 g/mol. The summed E-state index contributed by atoms with van der Waals surface area (Å²) in [5.74, 6) is 1.97. The van der Waals surface area contributed by atoms with E-state index in [-0.39, 0.29) is 30.3 Å². The maximum atomic E-state index is 12.6. The van der Waals surface area contributed by atoms with Crippen molar-refractivity contribution >= 4 is 27.5 Å². The van der Waals surface area contributed by atoms with Gasteiger partial charge in [0.15, 0.2) is 0 Å². The molecule has 106 valence electrons. The molecule has 1 atom stereocenters. The van der Waals surface area contributed by atoms with Gasteiger partial charge < -0.3 is 5.32 Å². The number of nitrogens with one attached hydrogen (secondary N) is 1. The molecule has 1 aliphatic rings. The number of hydrogen-bond donors (Lipinski definition) is 1. The normalized spacial score (nSPS) is 20.2. The molecule has 0 bridgehead atoms. The lowest BCUT2D eigenvalue weighted by atomic mass is 10.1. The number of carbonyl (C=O) groups excluding carboxylic acids is 1. The van der Waals surface area contributed by atoms with E-state index >= 15 is 0 Å². The van der Waals surface area contributed by atoms with Crippen LogP contribution >= 0.6 is 11.6 Å². The first-order valence-corrected chi connectivity index (χ1v) is 7.77. The standard InChI is InChI=1S/C13H13ClN2O3S/c1-2-3-12-13(17)15-8-9-16(12)20(18,19)11-6-4-10(14)5-7-11/h1,4-7,12H,3,8-9H2,(H,15,17)/t12-/m1/s1. The van der Waals surface area contributed by atoms with Crippen molar-refractivity contribution in [1.29, 1.82) is 0 Å². The van der Waals surface area contributed by atoms with Crippen LogP contribution in [0.2, 0.25) is 5.02 Å². The zero-order valence-electron chi connectivity index (χ0n) is 10.5. The fourth-order valence-corrected chi connectivity index (χ4v) is 3.74. The highest BCUT2D eigenvalue weighted by atomic mass is 35.5. The van der Waals surface area contributed by atoms with E-state index in [9.17, 15) is 13.2 Å². The van der Waals surface area contributed by atoms with Crippen molar-refractivity contribution in [2.24, 2.45) is 0 Å². The lowest BCUT2D eigenvalue weighted by Crippen LogP contribution is -2.56. The molecular weight excluding hydrogens is 300 g/mol. The highest BCUT2D eigenvalue weighted by Gasteiger charge is 2.37. The van der Waals surface area contributed by atoms with Gasteiger partial charge in [0.2, 0.25) is 15.9 Å². The Balaban J connectivity index is 2.38. The molecule has 1 aromatic carbocycles. The molecule has 0 radical (unpaired) electrons. The van der Waals surface area contributed by atoms with E-state index < -0.39 is 16.1 Å². The van der Waals surface area contributed by atoms with E-state index in [2.05, 4.69) is 11.2 Å². The number of hydrogen-bond acceptors (Lipinski definition) is 3. The van der Waals surface area contributed by atoms with Crippen molar-refractivity contribution < 1.29 is 13.2 Å². The number of benzene rings is 1. The molecule has 0 aliphatic carbocycles. The summed E-state index contributed by atoms with van der Waals surface area (Å²) in [6.07, 6.45) is 5.26. The van der Waals surface area contributed by atoms with E-state index in [0.29, 0.717) is 5.02 Å². The van der Waals surface area contributed by atoms with E-state index in [0.717, 1.165) is 4.31 Å². The molecule has 1 aromatic rings. The van der Waals surface area contributed by atoms with Crippen LogP contribution in [0, 0.1) is 12.3 Å². The minimum atomic E-state index is -3.76. The second-order valence-electron chi connectivity index (χ2n) is 4.28. The highest BCUT2D eigenvalue weighted by molar-refractivity contribution is 7.89. The average Bonchev–Trinajstić information content (AvgIpc) is 2.41. The van der Waals surface area contributed by atoms with Gasteiger partial charge in [-0.2, -0.15) is 4.31 Å². The minimum Gasteiger partial charge on any atom is -0.353 e. The number of carbonyl (C=O) groups is 1. The number of sulfonamides is 1. The summed E-state index contributed by atoms with van der Waals surface area (Å²) in [4.78, 5) is 11.9. The summed E-state index contributed by atoms with van der Waals surface area (Å²) in [6.45, 7) is 0.468. The third-order valence-electron chi connectivity index (χ3n) is 3.01. The van der Waals surface area contributed by atoms with Crippen molar-refractivity contribution in [3.63, 3.8) is 0 Å². The van der Waals surface area contributed by atoms with E-state index in [4.69, 9.17) is 18.0 Å². The summed E-state index contributed by atoms with van der Waals surface area (Å²) >= 11 is 5.75. The zero-order chi connectivity index (χ0) is 14.8. The van der Waals surface area contributed by atoms with Gasteiger partial charge in [0.1, 0.15) is 6.04 Å². The summed E-state index contributed by atoms with van der Waals surface area (Å²) in [7, 11) is -3.76. The Bertz CT molecular complexity index is 649. The van der Waals surface area contributed by atoms with Gasteiger partial charge >= 0.3 is 0 Å². The molecule has 1 heterocycles. The first kappa shape index (κ1) is 14.9. The molecule has 2 rings (SSSR count). The third-order valence-corrected chi connectivity index (χ3v) is 5.19. The molecule has 20 heavy (non-hydrogen) atoms. The first-order valence-electron chi connectivity index (χ1n) is 5.95. The van der Waals surface area contributed by atoms with Crippen LogP contribution < -0.4 is 5.32 Å². The first-order chi connectivity index (χ1) is 9.46. The van der Waals surface area contributed by atoms with Gasteiger partial charge in [-0.25, -0.2) is 8.42 Å². The molecular formula is C13H13ClN2O3S. The van der Waals surface area contributed by atoms with Crippen LogP contribution in [-0.4, -0.2) is 37.8 Å². The number of nitrogens with zero attached hydrogens (tertiary/aromatic N) is 1. The smallest absolute Gasteiger partial charge is 0.243 e. The number of rotatable bonds is 3. The van der Waals surface area contributed by atoms with Crippen LogP contribution in [0.4, 0.5) is 0 Å². The Morgan fingerprint density at radius 1 is 1.40 bits per heavy atom. The Kier molecular flexibility index (Phi) is 4.33. The van der Waals surface area contributed by atoms with Gasteiger partial charge in [-0.3, -0.25) is 4.79 Å². The predicted molar refractivity (Wildman–Crippen MR) is 75.6 cm³/mol. The number of piperazine rings is 1. The topological polar surface area (TPSA) is 66.5 Å². The molecule has 1 saturated heterocycles. The Morgan fingerprint density at radius 2 is 2.05 bits per heavy atom. The Labute approximate surface area is 123 Å². The maximum absolute atomic E-state index is 12.6. The lowest BCUT2D eigenvalue weighted by molar-refractivity contribution is -0.126. The summed E-state index contributed by atoms with van der Waals surface area (Å²) in [6, 6.07) is 4.95. The van der Waals surface area contributed by atoms with E-state index in [1.54, 1.807) is 0 Å². The van der Waals surface area contributed by atoms with Crippen LogP contribution in [-0.2, 0) is 14.8 Å². The number of terminal acetylenes is 1. The molecule has 7 heteroatoms. The van der Waals surface area contributed by atoms with Gasteiger partial charge in [0.25, 0.3) is 0 Å². The van der Waals surface area contributed by atoms with Crippen LogP contribution in [0.15, 0.2) is 29.2 Å². The molecule has 1 N–H and O–H groups in total. The zero-order valence-corrected chi connectivity index (χ0v) is 12.1. The largest absolute Gasteiger partial charge is 0.353 e. The summed E-state index contributed by atoms with van der Waals surface area (Å²) in [5.41, 5.74) is 0. The van der Waals surface area contributed by atoms with Crippen molar-refractivity contribution in [2.45, 2.75) is 17.4 Å². The number of amides is 1. The van der Waals surface area contributed by atoms with Crippen LogP contribution in [0.5, 0.6) is 0 Å². The van der Waals surface area contributed by atoms with Crippen molar-refractivity contribution in [2.75, 3.05) is 13.1 Å². The van der Waals surface area contributed by atoms with Crippen molar-refractivity contribution in [3.05, 3.63) is 29.3 Å². The van der Waals surface area contributed by atoms with Gasteiger partial charge in [-0.1, -0.05) is 11.6 Å². The average molecular weight is 313 g/mol. The van der Waals surface area contributed by atoms with E-state index in [1.807, 2.05) is 0 Å². The molecule has 1 amide bonds. The Morgan fingerprint density at radius 3 is 2.65 bits per heavy atom. The van der Waals surface area contributed by atoms with Gasteiger partial charge in [0, 0.05) is 24.5 Å². The van der Waals surface area contributed by atoms with Crippen LogP contribution in [0.1, 0.15) is 6.42 Å². The summed E-state index contributed by atoms with van der Waals surface area (Å²) in [5, 5.41) is 3.06. The fourth-order valence-electron chi connectivity index (χ4n) is 2.03. The second-order valence-corrected chi connectivity index (χ2v) is 6.61. The second kappa shape index (κ2) is 5.83. The van der Waals surface area contributed by atoms with Crippen molar-refractivity contribution in [3.8, 4) is 12.3 Å². The predicted octanol–water partition coefficient (Wildman–Crippen LogP) is 0.852. The van der Waals surface area contributed by atoms with Crippen LogP contribution in [0.25, 0.3) is 0 Å². The van der Waals surface area contributed by atoms with Crippen LogP contribution in [0.3, 0.4) is 0 Å². The SMILES string of the molecule is C#CC[C@@H]1C(=O)NCCN1S(=O)(=O)c1ccc(Cl)cc1. The third kappa shape index (κ3) is 2.80. The molecule has 0 spiro atoms. The Hall–Kier alpha value is -1.55. The summed E-state index contributed by atoms with van der Waals surface area (Å²) < 4.78 is 26.3. The molecule has 5 nitrogen and oxygen atoms in total. The van der Waals surface area contributed by atoms with Gasteiger partial charge in [-0.15, -0.1) is 12.3 Å². The maximum Gasteiger partial charge on any atom is 0.243 e. The fraction of sp³-hybridized carbons (Fsp3) is 0.308. The van der Waals surface area contributed by atoms with Gasteiger partial charge in [0.05, 0.1) is 4.90 Å². The minimum absolute atomic E-state index is 0.0403. The van der Waals surface area contributed by atoms with E-state index in [1.165, 1.54) is 24.3 Å². The molecule has 1 fully saturated rings. The lowest BCUT2D eigenvalue weighted by Gasteiger charge is -2.33. The molecule has 0 saturated carbocycles. The van der Waals surface area contributed by atoms with Crippen molar-refractivity contribution in [1.82, 2.24) is 9.62 Å².